The first-order chi connectivity index (χ1) is 11.8. The van der Waals surface area contributed by atoms with Crippen LogP contribution in [0.25, 0.3) is 10.6 Å². The first-order valence-corrected chi connectivity index (χ1v) is 8.03. The van der Waals surface area contributed by atoms with Gasteiger partial charge in [0.05, 0.1) is 30.9 Å². The van der Waals surface area contributed by atoms with Gasteiger partial charge in [-0.15, -0.1) is 11.3 Å². The number of nitrogens with two attached hydrogens (primary N) is 1. The summed E-state index contributed by atoms with van der Waals surface area (Å²) in [5.74, 6) is -0.834. The number of rotatable bonds is 6. The Hall–Kier alpha value is -2.46. The van der Waals surface area contributed by atoms with Crippen LogP contribution in [-0.2, 0) is 22.3 Å². The summed E-state index contributed by atoms with van der Waals surface area (Å²) in [5.41, 5.74) is 5.51. The van der Waals surface area contributed by atoms with Crippen molar-refractivity contribution in [2.45, 2.75) is 12.7 Å². The number of thiazole rings is 1. The quantitative estimate of drug-likeness (QED) is 0.716. The molecule has 10 heteroatoms. The maximum Gasteiger partial charge on any atom is 0.416 e. The number of hydrogen-bond donors (Lipinski definition) is 3. The van der Waals surface area contributed by atoms with E-state index in [0.29, 0.717) is 16.3 Å². The van der Waals surface area contributed by atoms with E-state index in [0.717, 1.165) is 12.1 Å². The lowest BCUT2D eigenvalue weighted by molar-refractivity contribution is -0.137. The molecule has 2 amide bonds. The maximum absolute atomic E-state index is 12.6. The van der Waals surface area contributed by atoms with Crippen molar-refractivity contribution in [3.05, 3.63) is 40.9 Å². The number of carbonyl (C=O) groups excluding carboxylic acids is 2. The Bertz CT molecular complexity index is 744. The van der Waals surface area contributed by atoms with Gasteiger partial charge in [-0.25, -0.2) is 4.98 Å². The maximum atomic E-state index is 12.6. The van der Waals surface area contributed by atoms with Gasteiger partial charge in [-0.05, 0) is 12.1 Å². The van der Waals surface area contributed by atoms with Gasteiger partial charge in [0.2, 0.25) is 11.8 Å². The normalized spacial score (nSPS) is 11.2. The second-order valence-corrected chi connectivity index (χ2v) is 5.83. The lowest BCUT2D eigenvalue weighted by atomic mass is 10.1. The van der Waals surface area contributed by atoms with Gasteiger partial charge in [-0.1, -0.05) is 12.1 Å². The topological polar surface area (TPSA) is 97.1 Å². The summed E-state index contributed by atoms with van der Waals surface area (Å²) >= 11 is 1.26. The van der Waals surface area contributed by atoms with Crippen LogP contribution in [-0.4, -0.2) is 29.9 Å². The fourth-order valence-electron chi connectivity index (χ4n) is 1.83. The third-order valence-electron chi connectivity index (χ3n) is 3.11. The molecule has 0 aliphatic heterocycles. The van der Waals surface area contributed by atoms with Crippen LogP contribution < -0.4 is 16.4 Å². The SMILES string of the molecule is NCC(=O)NCC(=O)NCc1csc(-c2ccc(C(F)(F)F)cc2)n1. The Balaban J connectivity index is 1.91. The van der Waals surface area contributed by atoms with Crippen molar-refractivity contribution in [3.8, 4) is 10.6 Å². The molecule has 1 aromatic carbocycles. The molecule has 0 bridgehead atoms. The summed E-state index contributed by atoms with van der Waals surface area (Å²) in [6.45, 7) is -0.240. The highest BCUT2D eigenvalue weighted by Crippen LogP contribution is 2.31. The fourth-order valence-corrected chi connectivity index (χ4v) is 2.65. The molecule has 1 heterocycles. The molecule has 0 radical (unpaired) electrons. The molecule has 6 nitrogen and oxygen atoms in total. The van der Waals surface area contributed by atoms with E-state index in [9.17, 15) is 22.8 Å². The molecule has 0 aliphatic carbocycles. The smallest absolute Gasteiger partial charge is 0.349 e. The number of aromatic nitrogens is 1. The molecular weight excluding hydrogens is 357 g/mol. The molecule has 0 saturated heterocycles. The minimum absolute atomic E-state index is 0.147. The average Bonchev–Trinajstić information content (AvgIpc) is 3.06. The van der Waals surface area contributed by atoms with Gasteiger partial charge in [-0.2, -0.15) is 13.2 Å². The van der Waals surface area contributed by atoms with Gasteiger partial charge >= 0.3 is 6.18 Å². The second-order valence-electron chi connectivity index (χ2n) is 4.98. The van der Waals surface area contributed by atoms with Gasteiger partial charge < -0.3 is 16.4 Å². The van der Waals surface area contributed by atoms with E-state index < -0.39 is 23.6 Å². The molecule has 0 spiro atoms. The third-order valence-corrected chi connectivity index (χ3v) is 4.05. The van der Waals surface area contributed by atoms with E-state index in [1.165, 1.54) is 23.5 Å². The van der Waals surface area contributed by atoms with Crippen LogP contribution in [0.4, 0.5) is 13.2 Å². The molecular formula is C15H15F3N4O2S. The van der Waals surface area contributed by atoms with Crippen molar-refractivity contribution in [2.75, 3.05) is 13.1 Å². The van der Waals surface area contributed by atoms with Crippen LogP contribution in [0.3, 0.4) is 0 Å². The molecule has 25 heavy (non-hydrogen) atoms. The lowest BCUT2D eigenvalue weighted by Gasteiger charge is -2.06. The number of alkyl halides is 3. The molecule has 0 saturated carbocycles. The van der Waals surface area contributed by atoms with Crippen LogP contribution in [0.5, 0.6) is 0 Å². The summed E-state index contributed by atoms with van der Waals surface area (Å²) in [4.78, 5) is 26.8. The average molecular weight is 372 g/mol. The second kappa shape index (κ2) is 8.08. The summed E-state index contributed by atoms with van der Waals surface area (Å²) in [5, 5.41) is 7.15. The summed E-state index contributed by atoms with van der Waals surface area (Å²) in [6, 6.07) is 4.70. The third kappa shape index (κ3) is 5.54. The number of hydrogen-bond acceptors (Lipinski definition) is 5. The molecule has 4 N–H and O–H groups in total. The van der Waals surface area contributed by atoms with Crippen LogP contribution in [0.1, 0.15) is 11.3 Å². The molecule has 2 aromatic rings. The van der Waals surface area contributed by atoms with E-state index in [-0.39, 0.29) is 19.6 Å². The minimum Gasteiger partial charge on any atom is -0.349 e. The lowest BCUT2D eigenvalue weighted by Crippen LogP contribution is -2.39. The van der Waals surface area contributed by atoms with Crippen molar-refractivity contribution in [1.82, 2.24) is 15.6 Å². The molecule has 2 rings (SSSR count). The van der Waals surface area contributed by atoms with Gasteiger partial charge in [0, 0.05) is 10.9 Å². The summed E-state index contributed by atoms with van der Waals surface area (Å²) < 4.78 is 37.7. The Labute approximate surface area is 145 Å². The Kier molecular flexibility index (Phi) is 6.10. The fraction of sp³-hybridized carbons (Fsp3) is 0.267. The monoisotopic (exact) mass is 372 g/mol. The van der Waals surface area contributed by atoms with Crippen molar-refractivity contribution < 1.29 is 22.8 Å². The predicted molar refractivity (Wildman–Crippen MR) is 86.5 cm³/mol. The Morgan fingerprint density at radius 2 is 1.80 bits per heavy atom. The van der Waals surface area contributed by atoms with Crippen LogP contribution in [0.15, 0.2) is 29.6 Å². The highest BCUT2D eigenvalue weighted by atomic mass is 32.1. The zero-order valence-electron chi connectivity index (χ0n) is 12.9. The molecule has 134 valence electrons. The predicted octanol–water partition coefficient (Wildman–Crippen LogP) is 1.52. The number of nitrogens with zero attached hydrogens (tertiary/aromatic N) is 1. The molecule has 0 aliphatic rings. The summed E-state index contributed by atoms with van der Waals surface area (Å²) in [7, 11) is 0. The first-order valence-electron chi connectivity index (χ1n) is 7.15. The molecule has 0 atom stereocenters. The van der Waals surface area contributed by atoms with E-state index in [1.807, 2.05) is 0 Å². The van der Waals surface area contributed by atoms with E-state index in [4.69, 9.17) is 5.73 Å². The van der Waals surface area contributed by atoms with Crippen LogP contribution in [0, 0.1) is 0 Å². The van der Waals surface area contributed by atoms with Gasteiger partial charge in [0.25, 0.3) is 0 Å². The Morgan fingerprint density at radius 1 is 1.12 bits per heavy atom. The largest absolute Gasteiger partial charge is 0.416 e. The van der Waals surface area contributed by atoms with E-state index in [1.54, 1.807) is 5.38 Å². The highest BCUT2D eigenvalue weighted by Gasteiger charge is 2.30. The highest BCUT2D eigenvalue weighted by molar-refractivity contribution is 7.13. The van der Waals surface area contributed by atoms with E-state index in [2.05, 4.69) is 15.6 Å². The zero-order valence-corrected chi connectivity index (χ0v) is 13.7. The van der Waals surface area contributed by atoms with Crippen molar-refractivity contribution in [1.29, 1.82) is 0 Å². The van der Waals surface area contributed by atoms with Crippen molar-refractivity contribution in [2.24, 2.45) is 5.73 Å². The van der Waals surface area contributed by atoms with Gasteiger partial charge in [0.1, 0.15) is 5.01 Å². The van der Waals surface area contributed by atoms with Gasteiger partial charge in [0.15, 0.2) is 0 Å². The van der Waals surface area contributed by atoms with E-state index >= 15 is 0 Å². The first kappa shape index (κ1) is 18.9. The molecule has 0 unspecified atom stereocenters. The van der Waals surface area contributed by atoms with Crippen LogP contribution in [0.2, 0.25) is 0 Å². The number of halogens is 3. The standard InChI is InChI=1S/C15H15F3N4O2S/c16-15(17,18)10-3-1-9(2-4-10)14-22-11(8-25-14)6-20-13(24)7-21-12(23)5-19/h1-4,8H,5-7,19H2,(H,20,24)(H,21,23). The molecule has 1 aromatic heterocycles. The number of nitrogens with one attached hydrogen (secondary N) is 2. The van der Waals surface area contributed by atoms with Crippen molar-refractivity contribution in [3.63, 3.8) is 0 Å². The number of amides is 2. The Morgan fingerprint density at radius 3 is 2.40 bits per heavy atom. The summed E-state index contributed by atoms with van der Waals surface area (Å²) in [6.07, 6.45) is -4.38. The van der Waals surface area contributed by atoms with Crippen LogP contribution >= 0.6 is 11.3 Å². The molecule has 0 fully saturated rings. The van der Waals surface area contributed by atoms with Gasteiger partial charge in [-0.3, -0.25) is 9.59 Å². The minimum atomic E-state index is -4.38. The zero-order chi connectivity index (χ0) is 18.4. The number of benzene rings is 1. The number of carbonyl (C=O) groups is 2. The van der Waals surface area contributed by atoms with Crippen molar-refractivity contribution >= 4 is 23.2 Å².